The number of piperidine rings is 1. The SMILES string of the molecule is CC1CC(C)CN(CCCNC(=O)C2CCCN2)C1.Cl. The third kappa shape index (κ3) is 5.58. The molecule has 0 radical (unpaired) electrons. The van der Waals surface area contributed by atoms with E-state index in [1.165, 1.54) is 19.5 Å². The van der Waals surface area contributed by atoms with E-state index in [1.807, 2.05) is 0 Å². The van der Waals surface area contributed by atoms with Gasteiger partial charge in [-0.25, -0.2) is 0 Å². The van der Waals surface area contributed by atoms with Gasteiger partial charge in [-0.2, -0.15) is 0 Å². The molecular weight excluding hydrogens is 274 g/mol. The smallest absolute Gasteiger partial charge is 0.237 e. The maximum Gasteiger partial charge on any atom is 0.237 e. The second kappa shape index (κ2) is 8.85. The van der Waals surface area contributed by atoms with Crippen molar-refractivity contribution in [3.05, 3.63) is 0 Å². The molecule has 118 valence electrons. The van der Waals surface area contributed by atoms with E-state index in [0.717, 1.165) is 50.7 Å². The van der Waals surface area contributed by atoms with Crippen LogP contribution in [0.1, 0.15) is 39.5 Å². The summed E-state index contributed by atoms with van der Waals surface area (Å²) in [5.41, 5.74) is 0. The van der Waals surface area contributed by atoms with Gasteiger partial charge in [0.2, 0.25) is 5.91 Å². The molecule has 0 aromatic carbocycles. The van der Waals surface area contributed by atoms with Gasteiger partial charge in [0.1, 0.15) is 0 Å². The lowest BCUT2D eigenvalue weighted by Gasteiger charge is -2.34. The first-order valence-electron chi connectivity index (χ1n) is 7.88. The summed E-state index contributed by atoms with van der Waals surface area (Å²) in [5, 5.41) is 6.29. The summed E-state index contributed by atoms with van der Waals surface area (Å²) in [5.74, 6) is 1.83. The number of rotatable bonds is 5. The minimum Gasteiger partial charge on any atom is -0.355 e. The molecule has 2 saturated heterocycles. The van der Waals surface area contributed by atoms with Crippen LogP contribution in [-0.2, 0) is 4.79 Å². The van der Waals surface area contributed by atoms with E-state index in [4.69, 9.17) is 0 Å². The third-order valence-corrected chi connectivity index (χ3v) is 4.27. The number of nitrogens with one attached hydrogen (secondary N) is 2. The van der Waals surface area contributed by atoms with E-state index in [1.54, 1.807) is 0 Å². The predicted octanol–water partition coefficient (Wildman–Crippen LogP) is 1.64. The standard InChI is InChI=1S/C15H29N3O.ClH/c1-12-9-13(2)11-18(10-12)8-4-7-17-15(19)14-5-3-6-16-14;/h12-14,16H,3-11H2,1-2H3,(H,17,19);1H. The van der Waals surface area contributed by atoms with Gasteiger partial charge in [0.15, 0.2) is 0 Å². The van der Waals surface area contributed by atoms with Crippen LogP contribution in [0.2, 0.25) is 0 Å². The van der Waals surface area contributed by atoms with Crippen molar-refractivity contribution in [1.82, 2.24) is 15.5 Å². The Hall–Kier alpha value is -0.320. The quantitative estimate of drug-likeness (QED) is 0.759. The highest BCUT2D eigenvalue weighted by Gasteiger charge is 2.22. The van der Waals surface area contributed by atoms with Crippen molar-refractivity contribution in [3.8, 4) is 0 Å². The Morgan fingerprint density at radius 3 is 2.60 bits per heavy atom. The van der Waals surface area contributed by atoms with E-state index >= 15 is 0 Å². The van der Waals surface area contributed by atoms with Crippen molar-refractivity contribution in [2.45, 2.75) is 45.6 Å². The van der Waals surface area contributed by atoms with Gasteiger partial charge in [0.25, 0.3) is 0 Å². The highest BCUT2D eigenvalue weighted by molar-refractivity contribution is 5.85. The summed E-state index contributed by atoms with van der Waals surface area (Å²) >= 11 is 0. The molecule has 2 aliphatic rings. The molecule has 0 saturated carbocycles. The van der Waals surface area contributed by atoms with Crippen LogP contribution in [0.4, 0.5) is 0 Å². The van der Waals surface area contributed by atoms with E-state index < -0.39 is 0 Å². The minimum atomic E-state index is 0. The molecular formula is C15H30ClN3O. The zero-order valence-corrected chi connectivity index (χ0v) is 13.7. The van der Waals surface area contributed by atoms with Gasteiger partial charge in [-0.15, -0.1) is 12.4 Å². The Bertz CT molecular complexity index is 285. The second-order valence-electron chi connectivity index (χ2n) is 6.50. The molecule has 3 atom stereocenters. The van der Waals surface area contributed by atoms with E-state index in [2.05, 4.69) is 29.4 Å². The highest BCUT2D eigenvalue weighted by Crippen LogP contribution is 2.20. The fourth-order valence-corrected chi connectivity index (χ4v) is 3.52. The topological polar surface area (TPSA) is 44.4 Å². The number of carbonyl (C=O) groups excluding carboxylic acids is 1. The van der Waals surface area contributed by atoms with Crippen LogP contribution in [0.15, 0.2) is 0 Å². The highest BCUT2D eigenvalue weighted by atomic mass is 35.5. The summed E-state index contributed by atoms with van der Waals surface area (Å²) in [7, 11) is 0. The zero-order chi connectivity index (χ0) is 13.7. The van der Waals surface area contributed by atoms with Crippen molar-refractivity contribution < 1.29 is 4.79 Å². The first kappa shape index (κ1) is 17.7. The van der Waals surface area contributed by atoms with Gasteiger partial charge in [-0.3, -0.25) is 4.79 Å². The number of likely N-dealkylation sites (tertiary alicyclic amines) is 1. The van der Waals surface area contributed by atoms with Gasteiger partial charge >= 0.3 is 0 Å². The van der Waals surface area contributed by atoms with Gasteiger partial charge in [-0.1, -0.05) is 13.8 Å². The summed E-state index contributed by atoms with van der Waals surface area (Å²) < 4.78 is 0. The Morgan fingerprint density at radius 2 is 2.00 bits per heavy atom. The molecule has 0 bridgehead atoms. The number of nitrogens with zero attached hydrogens (tertiary/aromatic N) is 1. The molecule has 2 aliphatic heterocycles. The van der Waals surface area contributed by atoms with E-state index in [0.29, 0.717) is 0 Å². The molecule has 2 N–H and O–H groups in total. The lowest BCUT2D eigenvalue weighted by atomic mass is 9.92. The van der Waals surface area contributed by atoms with Crippen molar-refractivity contribution in [2.75, 3.05) is 32.7 Å². The van der Waals surface area contributed by atoms with Crippen LogP contribution in [0.3, 0.4) is 0 Å². The van der Waals surface area contributed by atoms with Crippen LogP contribution in [-0.4, -0.2) is 49.6 Å². The lowest BCUT2D eigenvalue weighted by Crippen LogP contribution is -2.42. The first-order chi connectivity index (χ1) is 9.15. The number of halogens is 1. The van der Waals surface area contributed by atoms with Crippen molar-refractivity contribution in [3.63, 3.8) is 0 Å². The average molecular weight is 304 g/mol. The molecule has 4 nitrogen and oxygen atoms in total. The first-order valence-corrected chi connectivity index (χ1v) is 7.88. The zero-order valence-electron chi connectivity index (χ0n) is 12.9. The van der Waals surface area contributed by atoms with Crippen LogP contribution >= 0.6 is 12.4 Å². The van der Waals surface area contributed by atoms with Gasteiger partial charge in [0, 0.05) is 19.6 Å². The molecule has 3 unspecified atom stereocenters. The molecule has 2 heterocycles. The summed E-state index contributed by atoms with van der Waals surface area (Å²) in [6.07, 6.45) is 4.55. The van der Waals surface area contributed by atoms with E-state index in [9.17, 15) is 4.79 Å². The fourth-order valence-electron chi connectivity index (χ4n) is 3.52. The Kier molecular flexibility index (Phi) is 7.85. The maximum atomic E-state index is 11.8. The molecule has 0 aliphatic carbocycles. The molecule has 1 amide bonds. The summed E-state index contributed by atoms with van der Waals surface area (Å²) in [4.78, 5) is 14.4. The summed E-state index contributed by atoms with van der Waals surface area (Å²) in [6, 6.07) is 0.0648. The van der Waals surface area contributed by atoms with Crippen molar-refractivity contribution in [2.24, 2.45) is 11.8 Å². The molecule has 0 aromatic heterocycles. The second-order valence-corrected chi connectivity index (χ2v) is 6.50. The average Bonchev–Trinajstić information content (AvgIpc) is 2.87. The monoisotopic (exact) mass is 303 g/mol. The number of hydrogen-bond donors (Lipinski definition) is 2. The third-order valence-electron chi connectivity index (χ3n) is 4.27. The van der Waals surface area contributed by atoms with Gasteiger partial charge in [-0.05, 0) is 50.6 Å². The number of amides is 1. The minimum absolute atomic E-state index is 0. The molecule has 2 rings (SSSR count). The van der Waals surface area contributed by atoms with Crippen LogP contribution in [0.25, 0.3) is 0 Å². The summed E-state index contributed by atoms with van der Waals surface area (Å²) in [6.45, 7) is 10.1. The molecule has 2 fully saturated rings. The molecule has 0 aromatic rings. The van der Waals surface area contributed by atoms with Crippen LogP contribution in [0.5, 0.6) is 0 Å². The Balaban J connectivity index is 0.00000200. The predicted molar refractivity (Wildman–Crippen MR) is 85.3 cm³/mol. The van der Waals surface area contributed by atoms with Crippen LogP contribution in [0, 0.1) is 11.8 Å². The fraction of sp³-hybridized carbons (Fsp3) is 0.933. The number of carbonyl (C=O) groups is 1. The Morgan fingerprint density at radius 1 is 1.30 bits per heavy atom. The number of hydrogen-bond acceptors (Lipinski definition) is 3. The normalized spacial score (nSPS) is 30.8. The van der Waals surface area contributed by atoms with Gasteiger partial charge in [0.05, 0.1) is 6.04 Å². The van der Waals surface area contributed by atoms with E-state index in [-0.39, 0.29) is 24.4 Å². The Labute approximate surface area is 129 Å². The van der Waals surface area contributed by atoms with Gasteiger partial charge < -0.3 is 15.5 Å². The largest absolute Gasteiger partial charge is 0.355 e. The molecule has 20 heavy (non-hydrogen) atoms. The van der Waals surface area contributed by atoms with Crippen molar-refractivity contribution >= 4 is 18.3 Å². The molecule has 5 heteroatoms. The van der Waals surface area contributed by atoms with Crippen LogP contribution < -0.4 is 10.6 Å². The van der Waals surface area contributed by atoms with Crippen molar-refractivity contribution in [1.29, 1.82) is 0 Å². The lowest BCUT2D eigenvalue weighted by molar-refractivity contribution is -0.122. The molecule has 0 spiro atoms. The maximum absolute atomic E-state index is 11.8.